The van der Waals surface area contributed by atoms with Gasteiger partial charge < -0.3 is 15.4 Å². The highest BCUT2D eigenvalue weighted by Crippen LogP contribution is 2.38. The van der Waals surface area contributed by atoms with Crippen LogP contribution >= 0.6 is 24.4 Å². The van der Waals surface area contributed by atoms with Crippen molar-refractivity contribution in [2.75, 3.05) is 12.4 Å². The topological polar surface area (TPSA) is 46.2 Å². The van der Waals surface area contributed by atoms with Gasteiger partial charge in [0.25, 0.3) is 0 Å². The molecule has 0 radical (unpaired) electrons. The highest BCUT2D eigenvalue weighted by atomic mass is 32.1. The molecule has 0 saturated heterocycles. The molecule has 0 aliphatic heterocycles. The molecule has 1 aliphatic rings. The van der Waals surface area contributed by atoms with Crippen molar-refractivity contribution in [1.82, 2.24) is 10.3 Å². The molecule has 0 amide bonds. The zero-order chi connectivity index (χ0) is 16.2. The fourth-order valence-corrected chi connectivity index (χ4v) is 3.29. The summed E-state index contributed by atoms with van der Waals surface area (Å²) < 4.78 is 5.24. The number of pyridine rings is 1. The minimum atomic E-state index is 0.502. The Labute approximate surface area is 146 Å². The first-order valence-electron chi connectivity index (χ1n) is 7.39. The number of anilines is 1. The van der Waals surface area contributed by atoms with Crippen LogP contribution in [0.5, 0.6) is 5.88 Å². The summed E-state index contributed by atoms with van der Waals surface area (Å²) in [7, 11) is 1.62. The summed E-state index contributed by atoms with van der Waals surface area (Å²) in [5.41, 5.74) is 7.28. The first-order valence-corrected chi connectivity index (χ1v) is 8.27. The van der Waals surface area contributed by atoms with Gasteiger partial charge in [0.1, 0.15) is 0 Å². The van der Waals surface area contributed by atoms with Gasteiger partial charge in [-0.05, 0) is 54.2 Å². The number of benzene rings is 1. The summed E-state index contributed by atoms with van der Waals surface area (Å²) in [4.78, 5) is 4.18. The number of ether oxygens (including phenoxy) is 1. The Morgan fingerprint density at radius 2 is 2.17 bits per heavy atom. The van der Waals surface area contributed by atoms with Crippen molar-refractivity contribution in [2.45, 2.75) is 19.3 Å². The molecule has 1 aromatic carbocycles. The summed E-state index contributed by atoms with van der Waals surface area (Å²) in [6, 6.07) is 8.23. The Balaban J connectivity index is 2.08. The summed E-state index contributed by atoms with van der Waals surface area (Å²) in [5.74, 6) is 0.591. The maximum Gasteiger partial charge on any atom is 0.213 e. The van der Waals surface area contributed by atoms with Crippen LogP contribution in [0.4, 0.5) is 5.69 Å². The third-order valence-electron chi connectivity index (χ3n) is 3.97. The lowest BCUT2D eigenvalue weighted by atomic mass is 9.98. The Kier molecular flexibility index (Phi) is 4.83. The standard InChI is InChI=1S/C17H17N3OS2/c1-21-15-9-12(7-8-18-15)14-6-5-11-3-2-4-13(11)16(14)20-17(23)19-10-22/h5-10H,2-4H2,1H3,(H2,19,20,22,23). The number of thiocarbonyl (C=S) groups is 2. The first kappa shape index (κ1) is 15.8. The minimum absolute atomic E-state index is 0.502. The molecule has 2 aromatic rings. The molecule has 0 saturated carbocycles. The largest absolute Gasteiger partial charge is 0.481 e. The number of hydrogen-bond acceptors (Lipinski definition) is 4. The van der Waals surface area contributed by atoms with Gasteiger partial charge in [-0.3, -0.25) is 0 Å². The minimum Gasteiger partial charge on any atom is -0.481 e. The maximum absolute atomic E-state index is 5.31. The van der Waals surface area contributed by atoms with E-state index in [1.165, 1.54) is 23.0 Å². The van der Waals surface area contributed by atoms with Crippen molar-refractivity contribution < 1.29 is 4.74 Å². The highest BCUT2D eigenvalue weighted by Gasteiger charge is 2.19. The van der Waals surface area contributed by atoms with E-state index in [0.717, 1.165) is 29.7 Å². The molecule has 0 atom stereocenters. The summed E-state index contributed by atoms with van der Waals surface area (Å²) in [5, 5.41) is 6.67. The van der Waals surface area contributed by atoms with Crippen molar-refractivity contribution >= 4 is 40.7 Å². The SMILES string of the molecule is COc1cc(-c2ccc3c(c2NC(=S)NC=S)CCC3)ccn1. The first-order chi connectivity index (χ1) is 11.2. The number of aromatic nitrogens is 1. The van der Waals surface area contributed by atoms with E-state index in [-0.39, 0.29) is 0 Å². The summed E-state index contributed by atoms with van der Waals surface area (Å²) in [6.45, 7) is 0. The Morgan fingerprint density at radius 1 is 1.30 bits per heavy atom. The molecule has 4 nitrogen and oxygen atoms in total. The molecule has 6 heteroatoms. The Bertz CT molecular complexity index is 761. The van der Waals surface area contributed by atoms with Gasteiger partial charge in [-0.25, -0.2) is 4.98 Å². The number of fused-ring (bicyclic) bond motifs is 1. The van der Waals surface area contributed by atoms with Crippen LogP contribution in [0.1, 0.15) is 17.5 Å². The molecule has 1 aromatic heterocycles. The smallest absolute Gasteiger partial charge is 0.213 e. The lowest BCUT2D eigenvalue weighted by Gasteiger charge is -2.17. The van der Waals surface area contributed by atoms with Crippen LogP contribution in [0, 0.1) is 0 Å². The van der Waals surface area contributed by atoms with E-state index in [4.69, 9.17) is 29.2 Å². The fraction of sp³-hybridized carbons (Fsp3) is 0.235. The molecule has 0 fully saturated rings. The molecule has 0 spiro atoms. The van der Waals surface area contributed by atoms with E-state index in [9.17, 15) is 0 Å². The lowest BCUT2D eigenvalue weighted by molar-refractivity contribution is 0.398. The highest BCUT2D eigenvalue weighted by molar-refractivity contribution is 7.81. The van der Waals surface area contributed by atoms with Gasteiger partial charge in [-0.1, -0.05) is 24.4 Å². The van der Waals surface area contributed by atoms with Crippen LogP contribution in [0.3, 0.4) is 0 Å². The molecular formula is C17H17N3OS2. The number of rotatable bonds is 4. The van der Waals surface area contributed by atoms with E-state index in [1.807, 2.05) is 12.1 Å². The van der Waals surface area contributed by atoms with Crippen LogP contribution in [-0.2, 0) is 12.8 Å². The van der Waals surface area contributed by atoms with Crippen LogP contribution in [0.2, 0.25) is 0 Å². The lowest BCUT2D eigenvalue weighted by Crippen LogP contribution is -2.27. The molecule has 23 heavy (non-hydrogen) atoms. The van der Waals surface area contributed by atoms with Gasteiger partial charge in [0.15, 0.2) is 5.11 Å². The average molecular weight is 343 g/mol. The number of nitrogens with zero attached hydrogens (tertiary/aromatic N) is 1. The molecule has 1 aliphatic carbocycles. The third-order valence-corrected chi connectivity index (χ3v) is 4.30. The molecular weight excluding hydrogens is 326 g/mol. The number of methoxy groups -OCH3 is 1. The Morgan fingerprint density at radius 3 is 2.96 bits per heavy atom. The van der Waals surface area contributed by atoms with E-state index in [1.54, 1.807) is 13.3 Å². The number of hydrogen-bond donors (Lipinski definition) is 2. The second-order valence-corrected chi connectivity index (χ2v) is 5.93. The molecule has 3 rings (SSSR count). The van der Waals surface area contributed by atoms with Crippen molar-refractivity contribution in [2.24, 2.45) is 0 Å². The zero-order valence-corrected chi connectivity index (χ0v) is 14.4. The second-order valence-electron chi connectivity index (χ2n) is 5.28. The van der Waals surface area contributed by atoms with Gasteiger partial charge in [0, 0.05) is 17.8 Å². The maximum atomic E-state index is 5.31. The Hall–Kier alpha value is -2.05. The van der Waals surface area contributed by atoms with E-state index < -0.39 is 0 Å². The molecule has 0 bridgehead atoms. The van der Waals surface area contributed by atoms with Gasteiger partial charge in [-0.15, -0.1) is 0 Å². The number of aryl methyl sites for hydroxylation is 1. The predicted molar refractivity (Wildman–Crippen MR) is 101 cm³/mol. The predicted octanol–water partition coefficient (Wildman–Crippen LogP) is 3.49. The quantitative estimate of drug-likeness (QED) is 0.829. The van der Waals surface area contributed by atoms with E-state index >= 15 is 0 Å². The van der Waals surface area contributed by atoms with Crippen molar-refractivity contribution in [3.8, 4) is 17.0 Å². The van der Waals surface area contributed by atoms with Gasteiger partial charge >= 0.3 is 0 Å². The van der Waals surface area contributed by atoms with Crippen molar-refractivity contribution in [3.63, 3.8) is 0 Å². The van der Waals surface area contributed by atoms with Crippen LogP contribution in [-0.4, -0.2) is 22.7 Å². The van der Waals surface area contributed by atoms with Crippen molar-refractivity contribution in [3.05, 3.63) is 41.6 Å². The van der Waals surface area contributed by atoms with Gasteiger partial charge in [0.05, 0.1) is 18.3 Å². The molecule has 1 heterocycles. The van der Waals surface area contributed by atoms with E-state index in [2.05, 4.69) is 27.8 Å². The molecule has 118 valence electrons. The van der Waals surface area contributed by atoms with E-state index in [0.29, 0.717) is 11.0 Å². The van der Waals surface area contributed by atoms with Crippen LogP contribution < -0.4 is 15.4 Å². The summed E-state index contributed by atoms with van der Waals surface area (Å²) >= 11 is 10.1. The fourth-order valence-electron chi connectivity index (χ4n) is 2.94. The normalized spacial score (nSPS) is 12.4. The zero-order valence-electron chi connectivity index (χ0n) is 12.8. The monoisotopic (exact) mass is 343 g/mol. The molecule has 2 N–H and O–H groups in total. The van der Waals surface area contributed by atoms with Crippen LogP contribution in [0.25, 0.3) is 11.1 Å². The van der Waals surface area contributed by atoms with Crippen LogP contribution in [0.15, 0.2) is 30.5 Å². The van der Waals surface area contributed by atoms with Gasteiger partial charge in [-0.2, -0.15) is 0 Å². The third kappa shape index (κ3) is 3.33. The second kappa shape index (κ2) is 7.02. The van der Waals surface area contributed by atoms with Gasteiger partial charge in [0.2, 0.25) is 5.88 Å². The number of nitrogens with one attached hydrogen (secondary N) is 2. The van der Waals surface area contributed by atoms with Crippen molar-refractivity contribution in [1.29, 1.82) is 0 Å². The summed E-state index contributed by atoms with van der Waals surface area (Å²) in [6.07, 6.45) is 5.07. The average Bonchev–Trinajstić information content (AvgIpc) is 3.04. The molecule has 0 unspecified atom stereocenters.